The number of halogens is 6. The van der Waals surface area contributed by atoms with Crippen LogP contribution in [0.15, 0.2) is 48.5 Å². The van der Waals surface area contributed by atoms with Gasteiger partial charge in [0.25, 0.3) is 0 Å². The van der Waals surface area contributed by atoms with Gasteiger partial charge in [0.2, 0.25) is 0 Å². The van der Waals surface area contributed by atoms with Crippen LogP contribution in [0.2, 0.25) is 0 Å². The van der Waals surface area contributed by atoms with E-state index in [2.05, 4.69) is 75.2 Å². The van der Waals surface area contributed by atoms with Crippen molar-refractivity contribution in [3.63, 3.8) is 0 Å². The van der Waals surface area contributed by atoms with Crippen molar-refractivity contribution in [2.45, 2.75) is 19.1 Å². The van der Waals surface area contributed by atoms with Crippen molar-refractivity contribution in [3.05, 3.63) is 80.7 Å². The first-order valence-corrected chi connectivity index (χ1v) is 11.2. The quantitative estimate of drug-likeness (QED) is 0.207. The van der Waals surface area contributed by atoms with E-state index in [-0.39, 0.29) is 5.82 Å². The van der Waals surface area contributed by atoms with Crippen molar-refractivity contribution in [1.29, 1.82) is 0 Å². The van der Waals surface area contributed by atoms with Crippen LogP contribution in [0.3, 0.4) is 0 Å². The van der Waals surface area contributed by atoms with E-state index in [0.29, 0.717) is 6.42 Å². The van der Waals surface area contributed by atoms with Gasteiger partial charge in [-0.1, -0.05) is 12.1 Å². The summed E-state index contributed by atoms with van der Waals surface area (Å²) in [6, 6.07) is 11.7. The second kappa shape index (κ2) is 11.1. The Labute approximate surface area is 204 Å². The fraction of sp³-hybridized carbons (Fsp3) is 0.222. The fourth-order valence-corrected chi connectivity index (χ4v) is 3.48. The van der Waals surface area contributed by atoms with Crippen LogP contribution >= 0.6 is 45.7 Å². The van der Waals surface area contributed by atoms with Crippen LogP contribution < -0.4 is 0 Å². The third-order valence-corrected chi connectivity index (χ3v) is 5.34. The zero-order chi connectivity index (χ0) is 21.6. The number of H-pyrrole nitrogens is 1. The van der Waals surface area contributed by atoms with Gasteiger partial charge in [-0.15, -0.1) is 0 Å². The molecule has 0 saturated heterocycles. The Hall–Kier alpha value is -0.592. The zero-order valence-electron chi connectivity index (χ0n) is 15.0. The van der Waals surface area contributed by atoms with Crippen molar-refractivity contribution in [2.75, 3.05) is 0 Å². The van der Waals surface area contributed by atoms with Gasteiger partial charge in [0, 0.05) is 52.3 Å². The number of alkyl halides is 3. The topological polar surface area (TPSA) is 36.9 Å². The largest absolute Gasteiger partial charge is 0.207 e. The van der Waals surface area contributed by atoms with Crippen LogP contribution in [0.5, 0.6) is 0 Å². The molecule has 1 N–H and O–H groups in total. The minimum absolute atomic E-state index is 0.179. The molecule has 29 heavy (non-hydrogen) atoms. The molecular formula is C18H16F4I2N4Pt. The van der Waals surface area contributed by atoms with Gasteiger partial charge in [-0.3, -0.25) is 0 Å². The van der Waals surface area contributed by atoms with E-state index in [1.807, 2.05) is 1.33 Å². The second-order valence-electron chi connectivity index (χ2n) is 5.92. The van der Waals surface area contributed by atoms with E-state index in [4.69, 9.17) is 0 Å². The Morgan fingerprint density at radius 3 is 2.03 bits per heavy atom. The van der Waals surface area contributed by atoms with Crippen LogP contribution in [-0.4, -0.2) is 16.1 Å². The summed E-state index contributed by atoms with van der Waals surface area (Å²) in [7, 11) is 1.80. The van der Waals surface area contributed by atoms with Crippen LogP contribution in [0.25, 0.3) is 0 Å². The average Bonchev–Trinajstić information content (AvgIpc) is 2.94. The van der Waals surface area contributed by atoms with Crippen molar-refractivity contribution in [1.82, 2.24) is 16.1 Å². The molecule has 0 aliphatic rings. The Morgan fingerprint density at radius 1 is 1.03 bits per heavy atom. The number of nitrogens with one attached hydrogen (secondary N) is 1. The normalized spacial score (nSPS) is 11.4. The van der Waals surface area contributed by atoms with Gasteiger partial charge in [0.1, 0.15) is 5.82 Å². The summed E-state index contributed by atoms with van der Waals surface area (Å²) in [4.78, 5) is 3.05. The molecule has 0 bridgehead atoms. The molecule has 0 spiro atoms. The summed E-state index contributed by atoms with van der Waals surface area (Å²) >= 11 is 6.45. The predicted octanol–water partition coefficient (Wildman–Crippen LogP) is 5.76. The van der Waals surface area contributed by atoms with E-state index < -0.39 is 11.7 Å². The van der Waals surface area contributed by atoms with Crippen LogP contribution in [0, 0.1) is 9.62 Å². The molecule has 0 atom stereocenters. The summed E-state index contributed by atoms with van der Waals surface area (Å²) in [6.45, 7) is 0.835. The van der Waals surface area contributed by atoms with Gasteiger partial charge in [-0.05, 0) is 17.7 Å². The first-order chi connectivity index (χ1) is 13.5. The van der Waals surface area contributed by atoms with E-state index in [1.165, 1.54) is 24.3 Å². The number of rotatable bonds is 4. The monoisotopic (exact) mass is 813 g/mol. The van der Waals surface area contributed by atoms with Crippen molar-refractivity contribution in [2.24, 2.45) is 7.05 Å². The number of nitrogens with zero attached hydrogens (tertiary/aromatic N) is 3. The maximum Gasteiger partial charge on any atom is 0.123 e. The molecule has 0 fully saturated rings. The van der Waals surface area contributed by atoms with Crippen molar-refractivity contribution < 1.29 is 36.9 Å². The van der Waals surface area contributed by atoms with Crippen LogP contribution in [0.4, 0.5) is 17.6 Å². The van der Waals surface area contributed by atoms with Crippen molar-refractivity contribution in [3.8, 4) is 0 Å². The van der Waals surface area contributed by atoms with Gasteiger partial charge in [-0.2, -0.15) is 1.33 Å². The summed E-state index contributed by atoms with van der Waals surface area (Å²) in [5.41, 5.74) is 1.27. The number of aromatic nitrogens is 3. The Balaban J connectivity index is 0.000000234. The van der Waals surface area contributed by atoms with Gasteiger partial charge in [0.15, 0.2) is 0 Å². The van der Waals surface area contributed by atoms with Crippen molar-refractivity contribution >= 4 is 45.7 Å². The molecule has 0 unspecified atom stereocenters. The van der Waals surface area contributed by atoms with E-state index in [0.717, 1.165) is 39.4 Å². The molecule has 0 aliphatic heterocycles. The van der Waals surface area contributed by atoms with Crippen LogP contribution in [-0.2, 0) is 45.5 Å². The number of aryl methyl sites for hydroxylation is 1. The smallest absolute Gasteiger partial charge is 0.123 e. The van der Waals surface area contributed by atoms with Gasteiger partial charge in [0.05, 0.1) is 0 Å². The molecule has 11 heteroatoms. The molecule has 1 heterocycles. The van der Waals surface area contributed by atoms with Gasteiger partial charge in [-0.25, -0.2) is 4.39 Å². The van der Waals surface area contributed by atoms with Crippen LogP contribution in [0.1, 0.15) is 22.5 Å². The van der Waals surface area contributed by atoms with E-state index in [9.17, 15) is 17.6 Å². The minimum atomic E-state index is -4.29. The van der Waals surface area contributed by atoms with Gasteiger partial charge >= 0.3 is 112 Å². The molecule has 4 nitrogen and oxygen atoms in total. The molecule has 0 radical (unpaired) electrons. The minimum Gasteiger partial charge on any atom is -0.207 e. The summed E-state index contributed by atoms with van der Waals surface area (Å²) in [5.74, 6) is 0.546. The maximum atomic E-state index is 12.4. The SMILES string of the molecule is Cn1nc(Cc2ccc(C(F)(F)F)cc2)[nH][c]1=[Pt].Fc1ccc(CN(I)I)cc1. The molecule has 0 amide bonds. The van der Waals surface area contributed by atoms with Gasteiger partial charge < -0.3 is 0 Å². The predicted molar refractivity (Wildman–Crippen MR) is 115 cm³/mol. The Morgan fingerprint density at radius 2 is 1.59 bits per heavy atom. The first-order valence-electron chi connectivity index (χ1n) is 8.12. The number of benzene rings is 2. The molecule has 0 aliphatic carbocycles. The maximum absolute atomic E-state index is 12.4. The second-order valence-corrected chi connectivity index (χ2v) is 11.2. The molecule has 3 rings (SSSR count). The summed E-state index contributed by atoms with van der Waals surface area (Å²) < 4.78 is 54.1. The Kier molecular flexibility index (Phi) is 9.49. The molecular weight excluding hydrogens is 797 g/mol. The number of aromatic amines is 1. The zero-order valence-corrected chi connectivity index (χ0v) is 21.5. The third-order valence-electron chi connectivity index (χ3n) is 3.64. The van der Waals surface area contributed by atoms with E-state index in [1.54, 1.807) is 23.9 Å². The molecule has 0 saturated carbocycles. The molecule has 160 valence electrons. The summed E-state index contributed by atoms with van der Waals surface area (Å²) in [5, 5.41) is 4.21. The fourth-order valence-electron chi connectivity index (χ4n) is 2.25. The van der Waals surface area contributed by atoms with E-state index >= 15 is 0 Å². The third kappa shape index (κ3) is 8.58. The number of hydrogen-bond acceptors (Lipinski definition) is 2. The first kappa shape index (κ1) is 24.7. The summed E-state index contributed by atoms with van der Waals surface area (Å²) in [6.07, 6.45) is -3.81. The average molecular weight is 813 g/mol. The standard InChI is InChI=1S/C11H10F3N3.C7H6FI2N.Pt/c1-17-7-15-10(16-17)6-8-2-4-9(5-3-8)11(12,13)14;8-7-3-1-6(2-4-7)5-11(9)10;/h2-5H,6H2,1H3,(H,15,16);1-4H,5H2;. The Bertz CT molecular complexity index is 967. The molecule has 1 aromatic heterocycles. The number of hydrogen-bond donors (Lipinski definition) is 1. The molecule has 3 aromatic rings. The molecule has 2 aromatic carbocycles.